The molecular formula is C23H14. The summed E-state index contributed by atoms with van der Waals surface area (Å²) in [6, 6.07) is 29.0. The molecule has 0 N–H and O–H groups in total. The van der Waals surface area contributed by atoms with E-state index in [4.69, 9.17) is 0 Å². The molecule has 2 saturated carbocycles. The molecular weight excluding hydrogens is 276 g/mol. The van der Waals surface area contributed by atoms with Gasteiger partial charge in [0, 0.05) is 22.2 Å². The van der Waals surface area contributed by atoms with Crippen molar-refractivity contribution in [3.63, 3.8) is 0 Å². The fourth-order valence-corrected chi connectivity index (χ4v) is 7.59. The molecule has 0 heteroatoms. The van der Waals surface area contributed by atoms with Crippen LogP contribution in [0, 0.1) is 5.92 Å². The molecule has 2 fully saturated rings. The van der Waals surface area contributed by atoms with Gasteiger partial charge in [-0.1, -0.05) is 72.8 Å². The first-order valence-corrected chi connectivity index (χ1v) is 8.70. The Morgan fingerprint density at radius 1 is 0.478 bits per heavy atom. The molecule has 4 unspecified atom stereocenters. The minimum atomic E-state index is 0.0615. The van der Waals surface area contributed by atoms with Crippen molar-refractivity contribution in [1.82, 2.24) is 0 Å². The van der Waals surface area contributed by atoms with Gasteiger partial charge in [0.15, 0.2) is 0 Å². The van der Waals surface area contributed by atoms with E-state index in [2.05, 4.69) is 72.8 Å². The van der Waals surface area contributed by atoms with Gasteiger partial charge in [0.25, 0.3) is 0 Å². The molecule has 13 rings (SSSR count). The summed E-state index contributed by atoms with van der Waals surface area (Å²) >= 11 is 0. The van der Waals surface area contributed by atoms with Crippen molar-refractivity contribution in [2.45, 2.75) is 22.2 Å². The third-order valence-electron chi connectivity index (χ3n) is 8.11. The Labute approximate surface area is 134 Å². The highest BCUT2D eigenvalue weighted by Crippen LogP contribution is 3.01. The van der Waals surface area contributed by atoms with Crippen LogP contribution >= 0.6 is 0 Å². The highest BCUT2D eigenvalue weighted by molar-refractivity contribution is 5.82. The maximum atomic E-state index is 2.43. The lowest BCUT2D eigenvalue weighted by Crippen LogP contribution is -2.39. The van der Waals surface area contributed by atoms with Crippen LogP contribution in [0.5, 0.6) is 0 Å². The molecule has 2 spiro atoms. The molecule has 0 aromatic heterocycles. The zero-order valence-corrected chi connectivity index (χ0v) is 12.6. The highest BCUT2D eigenvalue weighted by Gasteiger charge is 3.02. The van der Waals surface area contributed by atoms with Crippen molar-refractivity contribution in [3.8, 4) is 0 Å². The molecule has 0 aliphatic heterocycles. The van der Waals surface area contributed by atoms with Crippen LogP contribution < -0.4 is 0 Å². The molecule has 0 amide bonds. The number of benzene rings is 3. The van der Waals surface area contributed by atoms with Gasteiger partial charge < -0.3 is 0 Å². The molecule has 11 bridgehead atoms. The van der Waals surface area contributed by atoms with Gasteiger partial charge in [-0.05, 0) is 39.3 Å². The maximum absolute atomic E-state index is 2.43. The Hall–Kier alpha value is -2.34. The summed E-state index contributed by atoms with van der Waals surface area (Å²) in [5.74, 6) is 1.40. The predicted octanol–water partition coefficient (Wildman–Crippen LogP) is 4.26. The highest BCUT2D eigenvalue weighted by atomic mass is 15.0. The van der Waals surface area contributed by atoms with Crippen LogP contribution in [-0.2, 0) is 16.2 Å². The van der Waals surface area contributed by atoms with Crippen molar-refractivity contribution >= 4 is 0 Å². The fraction of sp³-hybridized carbons (Fsp3) is 0.217. The van der Waals surface area contributed by atoms with E-state index >= 15 is 0 Å². The lowest BCUT2D eigenvalue weighted by Gasteiger charge is -2.42. The van der Waals surface area contributed by atoms with Crippen molar-refractivity contribution < 1.29 is 0 Å². The fourth-order valence-electron chi connectivity index (χ4n) is 7.59. The molecule has 0 nitrogen and oxygen atoms in total. The van der Waals surface area contributed by atoms with Gasteiger partial charge >= 0.3 is 0 Å². The summed E-state index contributed by atoms with van der Waals surface area (Å²) in [6.07, 6.45) is 0. The van der Waals surface area contributed by atoms with Gasteiger partial charge in [-0.15, -0.1) is 0 Å². The summed E-state index contributed by atoms with van der Waals surface area (Å²) in [5.41, 5.74) is 10.0. The average Bonchev–Trinajstić information content (AvgIpc) is 3.43. The number of rotatable bonds is 0. The van der Waals surface area contributed by atoms with E-state index in [0.29, 0.717) is 16.7 Å². The molecule has 10 aliphatic rings. The largest absolute Gasteiger partial charge is 0.0584 e. The topological polar surface area (TPSA) is 0 Å². The van der Waals surface area contributed by atoms with E-state index in [1.54, 1.807) is 16.7 Å². The van der Waals surface area contributed by atoms with Gasteiger partial charge in [0.1, 0.15) is 0 Å². The van der Waals surface area contributed by atoms with E-state index < -0.39 is 0 Å². The summed E-state index contributed by atoms with van der Waals surface area (Å²) in [5, 5.41) is 0. The molecule has 0 saturated heterocycles. The van der Waals surface area contributed by atoms with E-state index in [9.17, 15) is 0 Å². The zero-order chi connectivity index (χ0) is 14.6. The van der Waals surface area contributed by atoms with Gasteiger partial charge in [0.2, 0.25) is 0 Å². The molecule has 10 aliphatic carbocycles. The molecule has 23 heavy (non-hydrogen) atoms. The molecule has 3 aromatic rings. The second-order valence-electron chi connectivity index (χ2n) is 8.19. The Kier molecular flexibility index (Phi) is 1.16. The van der Waals surface area contributed by atoms with Crippen molar-refractivity contribution in [3.05, 3.63) is 106 Å². The van der Waals surface area contributed by atoms with Crippen LogP contribution in [0.3, 0.4) is 0 Å². The number of hydrogen-bond donors (Lipinski definition) is 0. The van der Waals surface area contributed by atoms with Crippen LogP contribution in [0.15, 0.2) is 72.8 Å². The lowest BCUT2D eigenvalue weighted by molar-refractivity contribution is 0.371. The first kappa shape index (κ1) is 10.4. The van der Waals surface area contributed by atoms with Crippen LogP contribution in [0.1, 0.15) is 39.3 Å². The van der Waals surface area contributed by atoms with Crippen LogP contribution in [0.2, 0.25) is 0 Å². The normalized spacial score (nSPS) is 43.3. The molecule has 0 radical (unpaired) electrons. The smallest absolute Gasteiger partial charge is 0.0497 e. The molecule has 0 heterocycles. The Bertz CT molecular complexity index is 993. The van der Waals surface area contributed by atoms with E-state index in [0.717, 1.165) is 5.92 Å². The van der Waals surface area contributed by atoms with Crippen molar-refractivity contribution in [1.29, 1.82) is 0 Å². The Morgan fingerprint density at radius 2 is 0.870 bits per heavy atom. The van der Waals surface area contributed by atoms with Crippen LogP contribution in [-0.4, -0.2) is 0 Å². The Balaban J connectivity index is 1.74. The first-order valence-electron chi connectivity index (χ1n) is 8.70. The minimum absolute atomic E-state index is 0.0615. The summed E-state index contributed by atoms with van der Waals surface area (Å²) < 4.78 is 0. The second kappa shape index (κ2) is 2.57. The first-order chi connectivity index (χ1) is 11.4. The van der Waals surface area contributed by atoms with Crippen LogP contribution in [0.4, 0.5) is 0 Å². The van der Waals surface area contributed by atoms with Gasteiger partial charge in [-0.2, -0.15) is 0 Å². The van der Waals surface area contributed by atoms with E-state index in [1.165, 1.54) is 16.7 Å². The standard InChI is InChI=1S/C23H14/c1-3-14-4-2-13(1)19-22-17-9-5-15(6-10-17)21(14)16-7-11-18(12-8-16)23(19,22)20(21)22/h1-12,19-20H/t19?,20?,21?,22-,23?/m1/s1. The van der Waals surface area contributed by atoms with Gasteiger partial charge in [-0.3, -0.25) is 0 Å². The van der Waals surface area contributed by atoms with E-state index in [1.807, 2.05) is 0 Å². The van der Waals surface area contributed by atoms with Gasteiger partial charge in [-0.25, -0.2) is 0 Å². The summed E-state index contributed by atoms with van der Waals surface area (Å²) in [4.78, 5) is 0. The summed E-state index contributed by atoms with van der Waals surface area (Å²) in [6.45, 7) is 0. The second-order valence-corrected chi connectivity index (χ2v) is 8.19. The molecule has 3 aromatic carbocycles. The van der Waals surface area contributed by atoms with E-state index in [-0.39, 0.29) is 5.41 Å². The number of hydrogen-bond acceptors (Lipinski definition) is 0. The maximum Gasteiger partial charge on any atom is 0.0497 e. The van der Waals surface area contributed by atoms with Crippen molar-refractivity contribution in [2.75, 3.05) is 0 Å². The van der Waals surface area contributed by atoms with Crippen molar-refractivity contribution in [2.24, 2.45) is 5.92 Å². The number of fused-ring (bicyclic) bond motifs is 4. The zero-order valence-electron chi connectivity index (χ0n) is 12.6. The quantitative estimate of drug-likeness (QED) is 0.580. The third kappa shape index (κ3) is 0.656. The SMILES string of the molecule is c1cc2ccc1C1C34c5ccc(cc5)C25c2ccc(cc2)[C@]13C54. The Morgan fingerprint density at radius 3 is 1.35 bits per heavy atom. The predicted molar refractivity (Wildman–Crippen MR) is 88.8 cm³/mol. The van der Waals surface area contributed by atoms with Gasteiger partial charge in [0.05, 0.1) is 0 Å². The molecule has 106 valence electrons. The average molecular weight is 290 g/mol. The third-order valence-corrected chi connectivity index (χ3v) is 8.11. The lowest BCUT2D eigenvalue weighted by atomic mass is 9.59. The summed E-state index contributed by atoms with van der Waals surface area (Å²) in [7, 11) is 0. The molecule has 5 atom stereocenters. The monoisotopic (exact) mass is 290 g/mol. The minimum Gasteiger partial charge on any atom is -0.0584 e. The van der Waals surface area contributed by atoms with Crippen LogP contribution in [0.25, 0.3) is 0 Å².